The third-order valence-electron chi connectivity index (χ3n) is 9.52. The number of carbonyl (C=O) groups excluding carboxylic acids is 3. The lowest BCUT2D eigenvalue weighted by atomic mass is 9.69. The molecule has 2 bridgehead atoms. The normalized spacial score (nSPS) is 28.6. The molecule has 2 aliphatic carbocycles. The van der Waals surface area contributed by atoms with E-state index in [0.29, 0.717) is 16.4 Å². The Kier molecular flexibility index (Phi) is 6.49. The number of halogens is 1. The van der Waals surface area contributed by atoms with Crippen LogP contribution in [0.1, 0.15) is 27.7 Å². The first kappa shape index (κ1) is 27.4. The molecule has 8 rings (SSSR count). The molecule has 0 radical (unpaired) electrons. The number of thiophene rings is 1. The highest BCUT2D eigenvalue weighted by molar-refractivity contribution is 8.00. The summed E-state index contributed by atoms with van der Waals surface area (Å²) in [6.45, 7) is 1.88. The summed E-state index contributed by atoms with van der Waals surface area (Å²) in [6.07, 6.45) is 0.828. The molecular weight excluding hydrogens is 622 g/mol. The Morgan fingerprint density at radius 2 is 1.70 bits per heavy atom. The van der Waals surface area contributed by atoms with E-state index >= 15 is 0 Å². The van der Waals surface area contributed by atoms with E-state index in [1.54, 1.807) is 51.9 Å². The minimum Gasteiger partial charge on any atom is -0.325 e. The van der Waals surface area contributed by atoms with Crippen LogP contribution in [0.3, 0.4) is 0 Å². The van der Waals surface area contributed by atoms with Crippen molar-refractivity contribution in [1.82, 2.24) is 4.57 Å². The number of amides is 3. The van der Waals surface area contributed by atoms with Crippen LogP contribution in [0.5, 0.6) is 0 Å². The number of hydrogen-bond donors (Lipinski definition) is 1. The Bertz CT molecular complexity index is 1830. The molecule has 11 heteroatoms. The monoisotopic (exact) mass is 647 g/mol. The maximum atomic E-state index is 13.9. The van der Waals surface area contributed by atoms with Gasteiger partial charge in [0, 0.05) is 31.6 Å². The maximum absolute atomic E-state index is 13.9. The molecule has 2 aliphatic heterocycles. The number of carbonyl (C=O) groups is 3. The second-order valence-electron chi connectivity index (χ2n) is 11.8. The van der Waals surface area contributed by atoms with Gasteiger partial charge >= 0.3 is 4.87 Å². The quantitative estimate of drug-likeness (QED) is 0.259. The smallest absolute Gasteiger partial charge is 0.308 e. The van der Waals surface area contributed by atoms with Crippen molar-refractivity contribution in [3.63, 3.8) is 0 Å². The highest BCUT2D eigenvalue weighted by Crippen LogP contribution is 2.69. The van der Waals surface area contributed by atoms with Gasteiger partial charge in [-0.2, -0.15) is 0 Å². The van der Waals surface area contributed by atoms with Gasteiger partial charge in [-0.3, -0.25) is 28.6 Å². The number of aromatic nitrogens is 1. The molecule has 1 saturated heterocycles. The Morgan fingerprint density at radius 1 is 0.977 bits per heavy atom. The van der Waals surface area contributed by atoms with Crippen molar-refractivity contribution >= 4 is 75.1 Å². The van der Waals surface area contributed by atoms with Crippen molar-refractivity contribution in [3.8, 4) is 0 Å². The number of aryl methyl sites for hydroxylation is 1. The number of nitrogens with one attached hydrogen (secondary N) is 1. The molecular formula is C32H26ClN3O4S3. The summed E-state index contributed by atoms with van der Waals surface area (Å²) < 4.78 is 1.59. The van der Waals surface area contributed by atoms with Crippen molar-refractivity contribution in [2.45, 2.75) is 36.1 Å². The molecule has 2 saturated carbocycles. The van der Waals surface area contributed by atoms with E-state index in [1.807, 2.05) is 42.6 Å². The first-order valence-electron chi connectivity index (χ1n) is 14.2. The largest absolute Gasteiger partial charge is 0.325 e. The van der Waals surface area contributed by atoms with Crippen LogP contribution in [0.2, 0.25) is 5.02 Å². The van der Waals surface area contributed by atoms with Crippen LogP contribution in [0.4, 0.5) is 11.4 Å². The van der Waals surface area contributed by atoms with Crippen LogP contribution >= 0.6 is 46.0 Å². The van der Waals surface area contributed by atoms with E-state index in [1.165, 1.54) is 16.2 Å². The lowest BCUT2D eigenvalue weighted by Crippen LogP contribution is -2.43. The fraction of sp³-hybridized carbons (Fsp3) is 0.312. The van der Waals surface area contributed by atoms with E-state index in [2.05, 4.69) is 11.4 Å². The van der Waals surface area contributed by atoms with Gasteiger partial charge < -0.3 is 5.32 Å². The predicted molar refractivity (Wildman–Crippen MR) is 170 cm³/mol. The average molecular weight is 648 g/mol. The van der Waals surface area contributed by atoms with Gasteiger partial charge in [0.1, 0.15) is 6.54 Å². The highest BCUT2D eigenvalue weighted by atomic mass is 35.5. The zero-order valence-electron chi connectivity index (χ0n) is 22.9. The van der Waals surface area contributed by atoms with Gasteiger partial charge in [-0.1, -0.05) is 46.7 Å². The predicted octanol–water partition coefficient (Wildman–Crippen LogP) is 6.25. The van der Waals surface area contributed by atoms with E-state index in [-0.39, 0.29) is 69.9 Å². The number of thiazole rings is 1. The molecule has 43 heavy (non-hydrogen) atoms. The van der Waals surface area contributed by atoms with E-state index in [4.69, 9.17) is 11.6 Å². The van der Waals surface area contributed by atoms with Gasteiger partial charge in [-0.25, -0.2) is 0 Å². The Balaban J connectivity index is 1.15. The minimum atomic E-state index is -0.356. The number of imide groups is 1. The van der Waals surface area contributed by atoms with Crippen LogP contribution in [-0.4, -0.2) is 27.5 Å². The van der Waals surface area contributed by atoms with E-state index in [0.717, 1.165) is 26.8 Å². The molecule has 7 nitrogen and oxygen atoms in total. The topological polar surface area (TPSA) is 88.5 Å². The molecule has 3 fully saturated rings. The number of thioether (sulfide) groups is 1. The van der Waals surface area contributed by atoms with Crippen molar-refractivity contribution in [2.24, 2.45) is 29.6 Å². The van der Waals surface area contributed by atoms with Crippen LogP contribution < -0.4 is 15.1 Å². The molecule has 2 aromatic carbocycles. The third kappa shape index (κ3) is 4.21. The van der Waals surface area contributed by atoms with Gasteiger partial charge in [0.15, 0.2) is 0 Å². The summed E-state index contributed by atoms with van der Waals surface area (Å²) in [5, 5.41) is 6.38. The second kappa shape index (κ2) is 10.2. The summed E-state index contributed by atoms with van der Waals surface area (Å²) in [7, 11) is 0. The Morgan fingerprint density at radius 3 is 2.40 bits per heavy atom. The third-order valence-corrected chi connectivity index (χ3v) is 13.5. The van der Waals surface area contributed by atoms with Crippen molar-refractivity contribution in [3.05, 3.63) is 96.1 Å². The zero-order chi connectivity index (χ0) is 29.6. The zero-order valence-corrected chi connectivity index (χ0v) is 26.1. The van der Waals surface area contributed by atoms with Crippen LogP contribution in [0.25, 0.3) is 0 Å². The van der Waals surface area contributed by atoms with Gasteiger partial charge in [-0.15, -0.1) is 23.1 Å². The Labute approximate surface area is 264 Å². The van der Waals surface area contributed by atoms with Crippen molar-refractivity contribution in [2.75, 3.05) is 10.2 Å². The summed E-state index contributed by atoms with van der Waals surface area (Å²) in [5.74, 6) is -1.02. The van der Waals surface area contributed by atoms with Gasteiger partial charge in [-0.05, 0) is 78.9 Å². The average Bonchev–Trinajstić information content (AvgIpc) is 3.81. The summed E-state index contributed by atoms with van der Waals surface area (Å²) >= 11 is 10.5. The SMILES string of the molecule is Cc1ccc(N2C(=O)C3C4CC(C3C2=O)C2C(c3cccs3)c3sc(=O)n(CC(=O)Nc5ccc(Cl)cc5)c3SC42)cc1. The number of anilines is 2. The standard InChI is InChI=1S/C32H26ClN3O4S3/c1-15-4-10-18(11-5-15)36-29(38)24-19-13-20(25(24)30(36)39)27-23(19)26(21-3-2-12-41-21)28-31(42-27)35(32(40)43-28)14-22(37)34-17-8-6-16(33)7-9-17/h2-12,19-20,23-27H,13-14H2,1H3,(H,34,37). The number of fused-ring (bicyclic) bond motifs is 9. The van der Waals surface area contributed by atoms with Crippen LogP contribution in [0.15, 0.2) is 75.9 Å². The molecule has 1 N–H and O–H groups in total. The van der Waals surface area contributed by atoms with Gasteiger partial charge in [0.25, 0.3) is 0 Å². The lowest BCUT2D eigenvalue weighted by molar-refractivity contribution is -0.123. The van der Waals surface area contributed by atoms with Gasteiger partial charge in [0.2, 0.25) is 17.7 Å². The molecule has 4 aromatic rings. The van der Waals surface area contributed by atoms with Crippen LogP contribution in [0, 0.1) is 36.5 Å². The van der Waals surface area contributed by atoms with Crippen molar-refractivity contribution < 1.29 is 14.4 Å². The summed E-state index contributed by atoms with van der Waals surface area (Å²) in [4.78, 5) is 57.7. The summed E-state index contributed by atoms with van der Waals surface area (Å²) in [5.41, 5.74) is 2.32. The summed E-state index contributed by atoms with van der Waals surface area (Å²) in [6, 6.07) is 18.6. The molecule has 218 valence electrons. The van der Waals surface area contributed by atoms with E-state index in [9.17, 15) is 19.2 Å². The maximum Gasteiger partial charge on any atom is 0.308 e. The molecule has 0 spiro atoms. The first-order valence-corrected chi connectivity index (χ1v) is 17.2. The van der Waals surface area contributed by atoms with Gasteiger partial charge in [0.05, 0.1) is 22.5 Å². The molecule has 2 aromatic heterocycles. The lowest BCUT2D eigenvalue weighted by Gasteiger charge is -2.42. The number of benzene rings is 2. The molecule has 4 heterocycles. The molecule has 7 atom stereocenters. The minimum absolute atomic E-state index is 0.0267. The molecule has 3 amide bonds. The Hall–Kier alpha value is -3.18. The fourth-order valence-electron chi connectivity index (χ4n) is 7.87. The first-order chi connectivity index (χ1) is 20.8. The second-order valence-corrected chi connectivity index (χ2v) is 15.4. The molecule has 7 unspecified atom stereocenters. The molecule has 4 aliphatic rings. The number of rotatable bonds is 5. The fourth-order valence-corrected chi connectivity index (χ4v) is 12.1. The highest BCUT2D eigenvalue weighted by Gasteiger charge is 2.70. The van der Waals surface area contributed by atoms with Crippen molar-refractivity contribution in [1.29, 1.82) is 0 Å². The van der Waals surface area contributed by atoms with Crippen LogP contribution in [-0.2, 0) is 20.9 Å². The number of hydrogen-bond acceptors (Lipinski definition) is 7. The van der Waals surface area contributed by atoms with E-state index < -0.39 is 0 Å². The number of nitrogens with zero attached hydrogens (tertiary/aromatic N) is 2.